The number of aromatic nitrogens is 3. The largest absolute Gasteiger partial charge is 0.325 e. The van der Waals surface area contributed by atoms with Gasteiger partial charge in [-0.15, -0.1) is 10.2 Å². The molecule has 2 N–H and O–H groups in total. The number of halogens is 1. The van der Waals surface area contributed by atoms with E-state index in [2.05, 4.69) is 36.8 Å². The van der Waals surface area contributed by atoms with Crippen LogP contribution < -0.4 is 10.6 Å². The van der Waals surface area contributed by atoms with Crippen LogP contribution in [-0.4, -0.2) is 27.2 Å². The molecular weight excluding hydrogens is 322 g/mol. The highest BCUT2D eigenvalue weighted by Crippen LogP contribution is 2.15. The number of aryl methyl sites for hydroxylation is 1. The first-order valence-corrected chi connectivity index (χ1v) is 7.11. The maximum absolute atomic E-state index is 11.8. The van der Waals surface area contributed by atoms with Crippen molar-refractivity contribution < 1.29 is 4.79 Å². The Kier molecular flexibility index (Phi) is 5.25. The lowest BCUT2D eigenvalue weighted by Gasteiger charge is -2.07. The summed E-state index contributed by atoms with van der Waals surface area (Å²) < 4.78 is 2.86. The van der Waals surface area contributed by atoms with Crippen molar-refractivity contribution in [2.24, 2.45) is 0 Å². The van der Waals surface area contributed by atoms with Gasteiger partial charge in [0.05, 0.1) is 13.1 Å². The normalized spacial score (nSPS) is 10.5. The predicted octanol–water partition coefficient (Wildman–Crippen LogP) is 1.79. The molecule has 0 aliphatic carbocycles. The first-order chi connectivity index (χ1) is 9.69. The molecule has 6 nitrogen and oxygen atoms in total. The molecule has 1 amide bonds. The fourth-order valence-corrected chi connectivity index (χ4v) is 2.14. The summed E-state index contributed by atoms with van der Waals surface area (Å²) in [6, 6.07) is 7.48. The number of benzene rings is 1. The summed E-state index contributed by atoms with van der Waals surface area (Å²) >= 11 is 3.36. The zero-order chi connectivity index (χ0) is 14.4. The Labute approximate surface area is 125 Å². The summed E-state index contributed by atoms with van der Waals surface area (Å²) in [6.07, 6.45) is 1.68. The van der Waals surface area contributed by atoms with Crippen LogP contribution in [0.4, 0.5) is 5.69 Å². The van der Waals surface area contributed by atoms with Crippen molar-refractivity contribution in [3.63, 3.8) is 0 Å². The Morgan fingerprint density at radius 1 is 1.45 bits per heavy atom. The van der Waals surface area contributed by atoms with Crippen LogP contribution in [0.5, 0.6) is 0 Å². The number of nitrogens with one attached hydrogen (secondary N) is 2. The molecule has 0 atom stereocenters. The van der Waals surface area contributed by atoms with Crippen molar-refractivity contribution in [3.05, 3.63) is 40.9 Å². The van der Waals surface area contributed by atoms with Gasteiger partial charge >= 0.3 is 0 Å². The highest BCUT2D eigenvalue weighted by molar-refractivity contribution is 9.10. The molecule has 0 fully saturated rings. The molecule has 0 spiro atoms. The maximum Gasteiger partial charge on any atom is 0.238 e. The molecule has 106 valence electrons. The van der Waals surface area contributed by atoms with Gasteiger partial charge in [0, 0.05) is 16.7 Å². The van der Waals surface area contributed by atoms with Gasteiger partial charge in [-0.3, -0.25) is 4.79 Å². The zero-order valence-corrected chi connectivity index (χ0v) is 12.7. The minimum Gasteiger partial charge on any atom is -0.325 e. The van der Waals surface area contributed by atoms with Crippen molar-refractivity contribution >= 4 is 27.5 Å². The quantitative estimate of drug-likeness (QED) is 0.842. The van der Waals surface area contributed by atoms with E-state index in [0.717, 1.165) is 22.5 Å². The van der Waals surface area contributed by atoms with Gasteiger partial charge in [-0.05, 0) is 25.1 Å². The number of carbonyl (C=O) groups is 1. The third kappa shape index (κ3) is 4.14. The monoisotopic (exact) mass is 337 g/mol. The summed E-state index contributed by atoms with van der Waals surface area (Å²) in [4.78, 5) is 11.8. The minimum atomic E-state index is -0.0920. The Morgan fingerprint density at radius 2 is 2.30 bits per heavy atom. The summed E-state index contributed by atoms with van der Waals surface area (Å²) in [5.74, 6) is 0.730. The molecular formula is C13H16BrN5O. The molecule has 2 rings (SSSR count). The second-order valence-electron chi connectivity index (χ2n) is 4.20. The zero-order valence-electron chi connectivity index (χ0n) is 11.1. The van der Waals surface area contributed by atoms with Crippen LogP contribution in [-0.2, 0) is 17.9 Å². The number of hydrogen-bond donors (Lipinski definition) is 2. The molecule has 7 heteroatoms. The van der Waals surface area contributed by atoms with Gasteiger partial charge in [0.1, 0.15) is 12.2 Å². The lowest BCUT2D eigenvalue weighted by atomic mass is 10.3. The second kappa shape index (κ2) is 7.16. The van der Waals surface area contributed by atoms with Crippen molar-refractivity contribution in [1.82, 2.24) is 20.1 Å². The standard InChI is InChI=1S/C13H16BrN5O/c1-2-19-9-16-18-12(19)7-15-8-13(20)17-11-5-3-4-10(14)6-11/h3-6,9,15H,2,7-8H2,1H3,(H,17,20). The number of anilines is 1. The van der Waals surface area contributed by atoms with E-state index in [1.165, 1.54) is 0 Å². The summed E-state index contributed by atoms with van der Waals surface area (Å²) in [6.45, 7) is 3.57. The van der Waals surface area contributed by atoms with E-state index in [-0.39, 0.29) is 12.5 Å². The molecule has 0 saturated heterocycles. The molecule has 1 aromatic carbocycles. The SMILES string of the molecule is CCn1cnnc1CNCC(=O)Nc1cccc(Br)c1. The molecule has 1 heterocycles. The van der Waals surface area contributed by atoms with Crippen molar-refractivity contribution in [1.29, 1.82) is 0 Å². The predicted molar refractivity (Wildman–Crippen MR) is 80.2 cm³/mol. The average molecular weight is 338 g/mol. The molecule has 0 saturated carbocycles. The van der Waals surface area contributed by atoms with Crippen LogP contribution >= 0.6 is 15.9 Å². The topological polar surface area (TPSA) is 71.8 Å². The Bertz CT molecular complexity index is 584. The van der Waals surface area contributed by atoms with Gasteiger partial charge in [-0.25, -0.2) is 0 Å². The highest BCUT2D eigenvalue weighted by Gasteiger charge is 2.05. The van der Waals surface area contributed by atoms with E-state index in [1.807, 2.05) is 35.8 Å². The molecule has 0 unspecified atom stereocenters. The van der Waals surface area contributed by atoms with Gasteiger partial charge in [-0.1, -0.05) is 22.0 Å². The summed E-state index contributed by atoms with van der Waals surface area (Å²) in [7, 11) is 0. The lowest BCUT2D eigenvalue weighted by molar-refractivity contribution is -0.115. The van der Waals surface area contributed by atoms with Crippen LogP contribution in [0.25, 0.3) is 0 Å². The number of carbonyl (C=O) groups excluding carboxylic acids is 1. The van der Waals surface area contributed by atoms with Gasteiger partial charge in [0.2, 0.25) is 5.91 Å². The van der Waals surface area contributed by atoms with E-state index in [4.69, 9.17) is 0 Å². The molecule has 0 radical (unpaired) electrons. The Morgan fingerprint density at radius 3 is 3.05 bits per heavy atom. The molecule has 0 bridgehead atoms. The second-order valence-corrected chi connectivity index (χ2v) is 5.11. The lowest BCUT2D eigenvalue weighted by Crippen LogP contribution is -2.28. The number of rotatable bonds is 6. The third-order valence-electron chi connectivity index (χ3n) is 2.71. The van der Waals surface area contributed by atoms with Crippen molar-refractivity contribution in [2.45, 2.75) is 20.0 Å². The summed E-state index contributed by atoms with van der Waals surface area (Å²) in [5.41, 5.74) is 0.767. The van der Waals surface area contributed by atoms with Crippen LogP contribution in [0.1, 0.15) is 12.7 Å². The molecule has 2 aromatic rings. The number of hydrogen-bond acceptors (Lipinski definition) is 4. The van der Waals surface area contributed by atoms with E-state index in [9.17, 15) is 4.79 Å². The van der Waals surface area contributed by atoms with Gasteiger partial charge in [-0.2, -0.15) is 0 Å². The Hall–Kier alpha value is -1.73. The summed E-state index contributed by atoms with van der Waals surface area (Å²) in [5, 5.41) is 13.7. The smallest absolute Gasteiger partial charge is 0.238 e. The molecule has 0 aliphatic rings. The van der Waals surface area contributed by atoms with Crippen LogP contribution in [0, 0.1) is 0 Å². The fraction of sp³-hybridized carbons (Fsp3) is 0.308. The van der Waals surface area contributed by atoms with Gasteiger partial charge in [0.25, 0.3) is 0 Å². The molecule has 1 aromatic heterocycles. The maximum atomic E-state index is 11.8. The first-order valence-electron chi connectivity index (χ1n) is 6.32. The third-order valence-corrected chi connectivity index (χ3v) is 3.21. The van der Waals surface area contributed by atoms with Crippen LogP contribution in [0.3, 0.4) is 0 Å². The molecule has 0 aliphatic heterocycles. The number of nitrogens with zero attached hydrogens (tertiary/aromatic N) is 3. The fourth-order valence-electron chi connectivity index (χ4n) is 1.74. The van der Waals surface area contributed by atoms with E-state index >= 15 is 0 Å². The Balaban J connectivity index is 1.78. The van der Waals surface area contributed by atoms with E-state index < -0.39 is 0 Å². The highest BCUT2D eigenvalue weighted by atomic mass is 79.9. The van der Waals surface area contributed by atoms with E-state index in [0.29, 0.717) is 6.54 Å². The van der Waals surface area contributed by atoms with Crippen LogP contribution in [0.2, 0.25) is 0 Å². The van der Waals surface area contributed by atoms with Crippen LogP contribution in [0.15, 0.2) is 35.1 Å². The van der Waals surface area contributed by atoms with Gasteiger partial charge in [0.15, 0.2) is 0 Å². The number of amides is 1. The molecule has 20 heavy (non-hydrogen) atoms. The van der Waals surface area contributed by atoms with Crippen molar-refractivity contribution in [2.75, 3.05) is 11.9 Å². The minimum absolute atomic E-state index is 0.0920. The average Bonchev–Trinajstić information content (AvgIpc) is 2.86. The van der Waals surface area contributed by atoms with Crippen molar-refractivity contribution in [3.8, 4) is 0 Å². The van der Waals surface area contributed by atoms with Gasteiger partial charge < -0.3 is 15.2 Å². The first kappa shape index (κ1) is 14.7. The van der Waals surface area contributed by atoms with E-state index in [1.54, 1.807) is 6.33 Å².